The Balaban J connectivity index is 1.56. The standard InChI is InChI=1S/C19H18N4O2/c20-16-7-6-15-17-13(16)4-3-5-14(17)18(24)23(19(15)25)10-2-1-9-22-11-8-21-12-22/h3-8,11-12H,1-2,9-10,20H2. The van der Waals surface area contributed by atoms with Gasteiger partial charge in [-0.25, -0.2) is 4.98 Å². The van der Waals surface area contributed by atoms with Crippen molar-refractivity contribution >= 4 is 28.3 Å². The summed E-state index contributed by atoms with van der Waals surface area (Å²) in [6.45, 7) is 1.23. The van der Waals surface area contributed by atoms with Crippen molar-refractivity contribution in [3.63, 3.8) is 0 Å². The van der Waals surface area contributed by atoms with Crippen LogP contribution in [-0.2, 0) is 6.54 Å². The third kappa shape index (κ3) is 2.55. The van der Waals surface area contributed by atoms with Crippen LogP contribution in [0.3, 0.4) is 0 Å². The Labute approximate surface area is 144 Å². The molecule has 2 heterocycles. The zero-order valence-electron chi connectivity index (χ0n) is 13.7. The minimum Gasteiger partial charge on any atom is -0.398 e. The molecule has 4 rings (SSSR count). The van der Waals surface area contributed by atoms with E-state index in [1.54, 1.807) is 30.7 Å². The highest BCUT2D eigenvalue weighted by molar-refractivity contribution is 6.26. The number of nitrogens with zero attached hydrogens (tertiary/aromatic N) is 3. The van der Waals surface area contributed by atoms with E-state index in [4.69, 9.17) is 5.73 Å². The molecule has 2 N–H and O–H groups in total. The Hall–Kier alpha value is -3.15. The third-order valence-corrected chi connectivity index (χ3v) is 4.63. The number of benzene rings is 2. The first-order valence-corrected chi connectivity index (χ1v) is 8.30. The van der Waals surface area contributed by atoms with E-state index >= 15 is 0 Å². The molecule has 1 aliphatic rings. The second kappa shape index (κ2) is 6.05. The number of unbranched alkanes of at least 4 members (excludes halogenated alkanes) is 1. The average molecular weight is 334 g/mol. The van der Waals surface area contributed by atoms with Crippen LogP contribution in [0, 0.1) is 0 Å². The average Bonchev–Trinajstić information content (AvgIpc) is 3.13. The molecule has 2 aromatic carbocycles. The summed E-state index contributed by atoms with van der Waals surface area (Å²) in [5, 5.41) is 1.43. The number of anilines is 1. The van der Waals surface area contributed by atoms with Crippen molar-refractivity contribution in [2.75, 3.05) is 12.3 Å². The van der Waals surface area contributed by atoms with E-state index in [-0.39, 0.29) is 11.8 Å². The van der Waals surface area contributed by atoms with E-state index in [0.29, 0.717) is 28.7 Å². The summed E-state index contributed by atoms with van der Waals surface area (Å²) in [4.78, 5) is 30.9. The van der Waals surface area contributed by atoms with E-state index in [1.807, 2.05) is 22.9 Å². The summed E-state index contributed by atoms with van der Waals surface area (Å²) in [5.74, 6) is -0.479. The monoisotopic (exact) mass is 334 g/mol. The zero-order chi connectivity index (χ0) is 17.4. The summed E-state index contributed by atoms with van der Waals surface area (Å²) in [6.07, 6.45) is 7.01. The number of carbonyl (C=O) groups is 2. The van der Waals surface area contributed by atoms with Gasteiger partial charge in [0.25, 0.3) is 11.8 Å². The Morgan fingerprint density at radius 3 is 2.48 bits per heavy atom. The number of hydrogen-bond acceptors (Lipinski definition) is 4. The lowest BCUT2D eigenvalue weighted by molar-refractivity contribution is 0.0607. The van der Waals surface area contributed by atoms with Crippen LogP contribution in [0.2, 0.25) is 0 Å². The minimum atomic E-state index is -0.240. The van der Waals surface area contributed by atoms with Crippen molar-refractivity contribution < 1.29 is 9.59 Å². The van der Waals surface area contributed by atoms with Crippen LogP contribution in [0.1, 0.15) is 33.6 Å². The summed E-state index contributed by atoms with van der Waals surface area (Å²) >= 11 is 0. The number of hydrogen-bond donors (Lipinski definition) is 1. The first-order valence-electron chi connectivity index (χ1n) is 8.30. The number of nitrogen functional groups attached to an aromatic ring is 1. The van der Waals surface area contributed by atoms with Gasteiger partial charge >= 0.3 is 0 Å². The Kier molecular flexibility index (Phi) is 3.72. The van der Waals surface area contributed by atoms with Gasteiger partial charge in [0.05, 0.1) is 6.33 Å². The molecular weight excluding hydrogens is 316 g/mol. The van der Waals surface area contributed by atoms with Gasteiger partial charge in [-0.15, -0.1) is 0 Å². The second-order valence-corrected chi connectivity index (χ2v) is 6.20. The number of imidazole rings is 1. The summed E-state index contributed by atoms with van der Waals surface area (Å²) < 4.78 is 1.98. The highest BCUT2D eigenvalue weighted by Crippen LogP contribution is 2.33. The highest BCUT2D eigenvalue weighted by atomic mass is 16.2. The van der Waals surface area contributed by atoms with Crippen LogP contribution in [0.4, 0.5) is 5.69 Å². The highest BCUT2D eigenvalue weighted by Gasteiger charge is 2.32. The zero-order valence-corrected chi connectivity index (χ0v) is 13.7. The number of amides is 2. The molecule has 2 amide bonds. The van der Waals surface area contributed by atoms with Crippen LogP contribution in [0.5, 0.6) is 0 Å². The fourth-order valence-corrected chi connectivity index (χ4v) is 3.36. The van der Waals surface area contributed by atoms with Crippen molar-refractivity contribution in [3.8, 4) is 0 Å². The quantitative estimate of drug-likeness (QED) is 0.442. The lowest BCUT2D eigenvalue weighted by Gasteiger charge is -2.27. The van der Waals surface area contributed by atoms with Crippen molar-refractivity contribution in [1.29, 1.82) is 0 Å². The van der Waals surface area contributed by atoms with Crippen molar-refractivity contribution in [3.05, 3.63) is 60.2 Å². The number of rotatable bonds is 5. The molecule has 0 saturated carbocycles. The van der Waals surface area contributed by atoms with Crippen LogP contribution in [0.25, 0.3) is 10.8 Å². The molecule has 0 saturated heterocycles. The third-order valence-electron chi connectivity index (χ3n) is 4.63. The number of aromatic nitrogens is 2. The lowest BCUT2D eigenvalue weighted by atomic mass is 9.93. The first kappa shape index (κ1) is 15.4. The SMILES string of the molecule is Nc1ccc2c3c(cccc13)C(=O)N(CCCCn1ccnc1)C2=O. The van der Waals surface area contributed by atoms with E-state index in [9.17, 15) is 9.59 Å². The molecule has 0 atom stereocenters. The van der Waals surface area contributed by atoms with E-state index < -0.39 is 0 Å². The number of aryl methyl sites for hydroxylation is 1. The first-order chi connectivity index (χ1) is 12.2. The largest absolute Gasteiger partial charge is 0.398 e. The van der Waals surface area contributed by atoms with Crippen LogP contribution in [0.15, 0.2) is 49.1 Å². The predicted octanol–water partition coefficient (Wildman–Crippen LogP) is 2.69. The molecule has 0 fully saturated rings. The molecule has 6 heteroatoms. The molecule has 1 aliphatic heterocycles. The molecule has 0 bridgehead atoms. The van der Waals surface area contributed by atoms with Gasteiger partial charge in [0.2, 0.25) is 0 Å². The normalized spacial score (nSPS) is 13.7. The minimum absolute atomic E-state index is 0.240. The second-order valence-electron chi connectivity index (χ2n) is 6.20. The van der Waals surface area contributed by atoms with Crippen LogP contribution >= 0.6 is 0 Å². The van der Waals surface area contributed by atoms with Gasteiger partial charge in [0, 0.05) is 53.1 Å². The van der Waals surface area contributed by atoms with E-state index in [0.717, 1.165) is 24.8 Å². The van der Waals surface area contributed by atoms with Crippen LogP contribution < -0.4 is 5.73 Å². The molecule has 6 nitrogen and oxygen atoms in total. The lowest BCUT2D eigenvalue weighted by Crippen LogP contribution is -2.41. The molecule has 25 heavy (non-hydrogen) atoms. The molecular formula is C19H18N4O2. The number of imide groups is 1. The Morgan fingerprint density at radius 1 is 0.960 bits per heavy atom. The summed E-state index contributed by atoms with van der Waals surface area (Å²) in [6, 6.07) is 8.86. The maximum Gasteiger partial charge on any atom is 0.261 e. The molecule has 0 unspecified atom stereocenters. The van der Waals surface area contributed by atoms with Gasteiger partial charge < -0.3 is 10.3 Å². The van der Waals surface area contributed by atoms with E-state index in [1.165, 1.54) is 4.90 Å². The van der Waals surface area contributed by atoms with Gasteiger partial charge in [0.15, 0.2) is 0 Å². The van der Waals surface area contributed by atoms with Crippen LogP contribution in [-0.4, -0.2) is 32.8 Å². The molecule has 126 valence electrons. The van der Waals surface area contributed by atoms with E-state index in [2.05, 4.69) is 4.98 Å². The van der Waals surface area contributed by atoms with Gasteiger partial charge in [0.1, 0.15) is 0 Å². The van der Waals surface area contributed by atoms with Gasteiger partial charge in [-0.2, -0.15) is 0 Å². The van der Waals surface area contributed by atoms with Crippen molar-refractivity contribution in [2.45, 2.75) is 19.4 Å². The maximum absolute atomic E-state index is 12.8. The molecule has 0 aliphatic carbocycles. The maximum atomic E-state index is 12.8. The summed E-state index contributed by atoms with van der Waals surface area (Å²) in [7, 11) is 0. The molecule has 1 aromatic heterocycles. The summed E-state index contributed by atoms with van der Waals surface area (Å²) in [5.41, 5.74) is 7.68. The fraction of sp³-hybridized carbons (Fsp3) is 0.211. The Morgan fingerprint density at radius 2 is 1.72 bits per heavy atom. The van der Waals surface area contributed by atoms with Crippen molar-refractivity contribution in [1.82, 2.24) is 14.5 Å². The molecule has 3 aromatic rings. The van der Waals surface area contributed by atoms with Gasteiger partial charge in [-0.3, -0.25) is 14.5 Å². The topological polar surface area (TPSA) is 81.2 Å². The predicted molar refractivity (Wildman–Crippen MR) is 95.2 cm³/mol. The number of nitrogens with two attached hydrogens (primary N) is 1. The molecule has 0 radical (unpaired) electrons. The Bertz CT molecular complexity index is 941. The molecule has 0 spiro atoms. The fourth-order valence-electron chi connectivity index (χ4n) is 3.36. The number of carbonyl (C=O) groups excluding carboxylic acids is 2. The van der Waals surface area contributed by atoms with Gasteiger partial charge in [-0.1, -0.05) is 12.1 Å². The van der Waals surface area contributed by atoms with Crippen molar-refractivity contribution in [2.24, 2.45) is 0 Å². The smallest absolute Gasteiger partial charge is 0.261 e. The van der Waals surface area contributed by atoms with Gasteiger partial charge in [-0.05, 0) is 31.0 Å².